The van der Waals surface area contributed by atoms with Gasteiger partial charge in [-0.2, -0.15) is 0 Å². The van der Waals surface area contributed by atoms with Crippen molar-refractivity contribution in [3.8, 4) is 0 Å². The van der Waals surface area contributed by atoms with E-state index in [1.54, 1.807) is 0 Å². The number of hydrogen-bond acceptors (Lipinski definition) is 10. The van der Waals surface area contributed by atoms with Crippen LogP contribution in [0.25, 0.3) is 0 Å². The van der Waals surface area contributed by atoms with Gasteiger partial charge in [0.25, 0.3) is 0 Å². The number of carbonyl (C=O) groups is 7. The molecule has 1 saturated heterocycles. The summed E-state index contributed by atoms with van der Waals surface area (Å²) in [7, 11) is 0. The fourth-order valence-corrected chi connectivity index (χ4v) is 3.82. The molecule has 17 heteroatoms. The van der Waals surface area contributed by atoms with Crippen molar-refractivity contribution in [2.24, 2.45) is 5.73 Å². The summed E-state index contributed by atoms with van der Waals surface area (Å²) in [4.78, 5) is 85.9. The van der Waals surface area contributed by atoms with E-state index in [0.29, 0.717) is 6.42 Å². The molecular weight excluding hydrogens is 524 g/mol. The van der Waals surface area contributed by atoms with Gasteiger partial charge in [0.1, 0.15) is 30.2 Å². The highest BCUT2D eigenvalue weighted by molar-refractivity contribution is 5.96. The monoisotopic (exact) mass is 560 g/mol. The fourth-order valence-electron chi connectivity index (χ4n) is 3.82. The molecular formula is C22H36N6O11. The van der Waals surface area contributed by atoms with Gasteiger partial charge in [-0.05, 0) is 33.1 Å². The number of carboxylic acid groups (broad SMARTS) is 2. The van der Waals surface area contributed by atoms with Crippen LogP contribution in [0.3, 0.4) is 0 Å². The molecule has 39 heavy (non-hydrogen) atoms. The summed E-state index contributed by atoms with van der Waals surface area (Å²) in [5.41, 5.74) is 5.23. The van der Waals surface area contributed by atoms with E-state index in [1.165, 1.54) is 13.8 Å². The molecule has 0 radical (unpaired) electrons. The van der Waals surface area contributed by atoms with E-state index in [4.69, 9.17) is 21.1 Å². The Labute approximate surface area is 223 Å². The second kappa shape index (κ2) is 15.6. The van der Waals surface area contributed by atoms with Gasteiger partial charge in [0.15, 0.2) is 0 Å². The highest BCUT2D eigenvalue weighted by Crippen LogP contribution is 2.19. The van der Waals surface area contributed by atoms with E-state index in [-0.39, 0.29) is 19.4 Å². The summed E-state index contributed by atoms with van der Waals surface area (Å²) >= 11 is 0. The fraction of sp³-hybridized carbons (Fsp3) is 0.682. The summed E-state index contributed by atoms with van der Waals surface area (Å²) in [6.45, 7) is 1.26. The van der Waals surface area contributed by atoms with Crippen LogP contribution in [0.1, 0.15) is 39.5 Å². The number of hydrogen-bond donors (Lipinski definition) is 9. The number of nitrogens with one attached hydrogen (secondary N) is 4. The maximum absolute atomic E-state index is 13.1. The predicted molar refractivity (Wildman–Crippen MR) is 130 cm³/mol. The molecule has 1 aliphatic rings. The number of aliphatic hydroxyl groups is 2. The molecule has 1 fully saturated rings. The molecule has 5 amide bonds. The number of nitrogens with two attached hydrogens (primary N) is 1. The number of carboxylic acids is 2. The first kappa shape index (κ1) is 33.2. The largest absolute Gasteiger partial charge is 0.481 e. The second-order valence-electron chi connectivity index (χ2n) is 8.99. The molecule has 17 nitrogen and oxygen atoms in total. The Kier molecular flexibility index (Phi) is 13.2. The van der Waals surface area contributed by atoms with Crippen LogP contribution in [0.5, 0.6) is 0 Å². The Hall–Kier alpha value is -3.83. The Bertz CT molecular complexity index is 943. The first-order valence-corrected chi connectivity index (χ1v) is 12.2. The molecule has 0 aromatic carbocycles. The lowest BCUT2D eigenvalue weighted by molar-refractivity contribution is -0.145. The third kappa shape index (κ3) is 10.1. The van der Waals surface area contributed by atoms with E-state index in [0.717, 1.165) is 4.90 Å². The van der Waals surface area contributed by atoms with Crippen LogP contribution in [-0.4, -0.2) is 123 Å². The zero-order valence-corrected chi connectivity index (χ0v) is 21.6. The van der Waals surface area contributed by atoms with Gasteiger partial charge < -0.3 is 52.3 Å². The van der Waals surface area contributed by atoms with Crippen molar-refractivity contribution >= 4 is 41.5 Å². The zero-order chi connectivity index (χ0) is 29.9. The van der Waals surface area contributed by atoms with Gasteiger partial charge in [-0.3, -0.25) is 28.8 Å². The molecule has 0 unspecified atom stereocenters. The molecule has 6 atom stereocenters. The lowest BCUT2D eigenvalue weighted by Gasteiger charge is -2.30. The van der Waals surface area contributed by atoms with Crippen molar-refractivity contribution in [2.75, 3.05) is 19.7 Å². The third-order valence-corrected chi connectivity index (χ3v) is 5.91. The SMILES string of the molecule is C[C@H](NC(=O)[C@H](CCC(=O)O)NC(=O)CN)C(=O)N1CCC[C@H]1C(=O)N[C@H](C(=O)N[C@@H](CO)C(=O)O)[C@@H](C)O. The topological polar surface area (TPSA) is 278 Å². The average Bonchev–Trinajstić information content (AvgIpc) is 3.36. The number of carbonyl (C=O) groups excluding carboxylic acids is 5. The van der Waals surface area contributed by atoms with Crippen molar-refractivity contribution in [1.29, 1.82) is 0 Å². The van der Waals surface area contributed by atoms with Crippen LogP contribution in [0, 0.1) is 0 Å². The van der Waals surface area contributed by atoms with Crippen molar-refractivity contribution in [3.63, 3.8) is 0 Å². The standard InChI is InChI=1S/C22H36N6O11/c1-10(24-18(34)12(5-6-16(32)33)25-15(31)8-23)21(37)28-7-3-4-14(28)19(35)27-17(11(2)30)20(36)26-13(9-29)22(38)39/h10-14,17,29-30H,3-9,23H2,1-2H3,(H,24,34)(H,25,31)(H,26,36)(H,27,35)(H,32,33)(H,38,39)/t10-,11+,12-,13-,14-,17-/m0/s1. The second-order valence-corrected chi connectivity index (χ2v) is 8.99. The molecule has 0 aromatic heterocycles. The number of amides is 5. The predicted octanol–water partition coefficient (Wildman–Crippen LogP) is -4.78. The van der Waals surface area contributed by atoms with Crippen LogP contribution in [0.15, 0.2) is 0 Å². The van der Waals surface area contributed by atoms with Crippen molar-refractivity contribution in [3.05, 3.63) is 0 Å². The first-order chi connectivity index (χ1) is 18.2. The molecule has 220 valence electrons. The quantitative estimate of drug-likeness (QED) is 0.0912. The van der Waals surface area contributed by atoms with Crippen LogP contribution >= 0.6 is 0 Å². The minimum absolute atomic E-state index is 0.126. The van der Waals surface area contributed by atoms with Crippen molar-refractivity contribution in [2.45, 2.75) is 75.8 Å². The van der Waals surface area contributed by atoms with E-state index >= 15 is 0 Å². The Morgan fingerprint density at radius 3 is 2.10 bits per heavy atom. The van der Waals surface area contributed by atoms with Gasteiger partial charge in [0.2, 0.25) is 29.5 Å². The maximum Gasteiger partial charge on any atom is 0.328 e. The average molecular weight is 561 g/mol. The number of aliphatic hydroxyl groups excluding tert-OH is 2. The lowest BCUT2D eigenvalue weighted by atomic mass is 10.1. The van der Waals surface area contributed by atoms with Gasteiger partial charge in [0, 0.05) is 13.0 Å². The minimum Gasteiger partial charge on any atom is -0.481 e. The molecule has 1 rings (SSSR count). The number of aliphatic carboxylic acids is 2. The Morgan fingerprint density at radius 2 is 1.59 bits per heavy atom. The van der Waals surface area contributed by atoms with Crippen molar-refractivity contribution in [1.82, 2.24) is 26.2 Å². The van der Waals surface area contributed by atoms with Gasteiger partial charge in [0.05, 0.1) is 19.3 Å². The lowest BCUT2D eigenvalue weighted by Crippen LogP contribution is -2.60. The van der Waals surface area contributed by atoms with Crippen LogP contribution < -0.4 is 27.0 Å². The van der Waals surface area contributed by atoms with Gasteiger partial charge >= 0.3 is 11.9 Å². The number of nitrogens with zero attached hydrogens (tertiary/aromatic N) is 1. The van der Waals surface area contributed by atoms with E-state index < -0.39 is 97.4 Å². The van der Waals surface area contributed by atoms with E-state index in [1.807, 2.05) is 5.32 Å². The summed E-state index contributed by atoms with van der Waals surface area (Å²) in [6, 6.07) is -6.81. The highest BCUT2D eigenvalue weighted by atomic mass is 16.4. The van der Waals surface area contributed by atoms with E-state index in [2.05, 4.69) is 16.0 Å². The number of rotatable bonds is 15. The molecule has 0 bridgehead atoms. The normalized spacial score (nSPS) is 18.6. The molecule has 0 aliphatic carbocycles. The first-order valence-electron chi connectivity index (χ1n) is 12.2. The summed E-state index contributed by atoms with van der Waals surface area (Å²) in [6.07, 6.45) is -1.57. The van der Waals surface area contributed by atoms with Gasteiger partial charge in [-0.25, -0.2) is 4.79 Å². The number of likely N-dealkylation sites (tertiary alicyclic amines) is 1. The molecule has 0 spiro atoms. The minimum atomic E-state index is -1.67. The summed E-state index contributed by atoms with van der Waals surface area (Å²) < 4.78 is 0. The van der Waals surface area contributed by atoms with Crippen LogP contribution in [0.2, 0.25) is 0 Å². The summed E-state index contributed by atoms with van der Waals surface area (Å²) in [5, 5.41) is 46.0. The Morgan fingerprint density at radius 1 is 0.949 bits per heavy atom. The van der Waals surface area contributed by atoms with E-state index in [9.17, 15) is 38.7 Å². The maximum atomic E-state index is 13.1. The van der Waals surface area contributed by atoms with Gasteiger partial charge in [-0.15, -0.1) is 0 Å². The van der Waals surface area contributed by atoms with Crippen LogP contribution in [0.4, 0.5) is 0 Å². The van der Waals surface area contributed by atoms with Crippen LogP contribution in [-0.2, 0) is 33.6 Å². The molecule has 0 aromatic rings. The zero-order valence-electron chi connectivity index (χ0n) is 21.6. The molecule has 1 heterocycles. The highest BCUT2D eigenvalue weighted by Gasteiger charge is 2.39. The molecule has 1 aliphatic heterocycles. The molecule has 0 saturated carbocycles. The third-order valence-electron chi connectivity index (χ3n) is 5.91. The smallest absolute Gasteiger partial charge is 0.328 e. The Balaban J connectivity index is 2.92. The van der Waals surface area contributed by atoms with Crippen molar-refractivity contribution < 1.29 is 54.0 Å². The molecule has 10 N–H and O–H groups in total. The van der Waals surface area contributed by atoms with Gasteiger partial charge in [-0.1, -0.05) is 0 Å². The summed E-state index contributed by atoms with van der Waals surface area (Å²) in [5.74, 6) is -6.83.